The highest BCUT2D eigenvalue weighted by Gasteiger charge is 2.33. The van der Waals surface area contributed by atoms with E-state index in [0.717, 1.165) is 6.07 Å². The molecule has 0 aliphatic carbocycles. The summed E-state index contributed by atoms with van der Waals surface area (Å²) in [5.41, 5.74) is -0.549. The lowest BCUT2D eigenvalue weighted by Gasteiger charge is -2.14. The summed E-state index contributed by atoms with van der Waals surface area (Å²) in [5.74, 6) is -0.293. The number of esters is 1. The van der Waals surface area contributed by atoms with Crippen molar-refractivity contribution in [2.24, 2.45) is 0 Å². The lowest BCUT2D eigenvalue weighted by Crippen LogP contribution is -2.30. The van der Waals surface area contributed by atoms with Crippen molar-refractivity contribution in [2.75, 3.05) is 20.3 Å². The molecule has 1 aromatic carbocycles. The predicted octanol–water partition coefficient (Wildman–Crippen LogP) is 3.09. The first-order valence-corrected chi connectivity index (χ1v) is 7.67. The minimum Gasteiger partial charge on any atom is -0.494 e. The van der Waals surface area contributed by atoms with Crippen LogP contribution < -0.4 is 10.1 Å². The second kappa shape index (κ2) is 7.64. The first-order valence-electron chi connectivity index (χ1n) is 7.26. The summed E-state index contributed by atoms with van der Waals surface area (Å²) in [5, 5.41) is 3.11. The third-order valence-electron chi connectivity index (χ3n) is 3.27. The Morgan fingerprint density at radius 2 is 2.00 bits per heavy atom. The normalized spacial score (nSPS) is 11.2. The minimum atomic E-state index is -4.57. The lowest BCUT2D eigenvalue weighted by molar-refractivity contribution is -0.142. The summed E-state index contributed by atoms with van der Waals surface area (Å²) in [4.78, 5) is 15.2. The Balaban J connectivity index is 2.41. The fourth-order valence-electron chi connectivity index (χ4n) is 2.17. The van der Waals surface area contributed by atoms with Crippen LogP contribution in [-0.2, 0) is 15.7 Å². The van der Waals surface area contributed by atoms with Gasteiger partial charge >= 0.3 is 12.1 Å². The number of alkyl halides is 3. The van der Waals surface area contributed by atoms with Crippen molar-refractivity contribution < 1.29 is 27.4 Å². The zero-order valence-corrected chi connectivity index (χ0v) is 14.3. The molecule has 0 saturated heterocycles. The molecule has 0 radical (unpaired) electrons. The van der Waals surface area contributed by atoms with E-state index >= 15 is 0 Å². The molecule has 0 atom stereocenters. The fraction of sp³-hybridized carbons (Fsp3) is 0.312. The van der Waals surface area contributed by atoms with Gasteiger partial charge in [-0.3, -0.25) is 4.79 Å². The molecule has 0 amide bonds. The van der Waals surface area contributed by atoms with E-state index < -0.39 is 17.8 Å². The van der Waals surface area contributed by atoms with Crippen LogP contribution in [0.3, 0.4) is 0 Å². The first kappa shape index (κ1) is 18.9. The average Bonchev–Trinajstić information content (AvgIpc) is 2.57. The maximum absolute atomic E-state index is 12.9. The Labute approximate surface area is 147 Å². The Hall–Kier alpha value is -2.42. The van der Waals surface area contributed by atoms with Gasteiger partial charge in [0.1, 0.15) is 28.5 Å². The van der Waals surface area contributed by atoms with Crippen LogP contribution >= 0.6 is 12.2 Å². The van der Waals surface area contributed by atoms with Crippen molar-refractivity contribution in [3.8, 4) is 5.75 Å². The minimum absolute atomic E-state index is 0.0371. The van der Waals surface area contributed by atoms with Gasteiger partial charge in [-0.05, 0) is 31.2 Å². The molecule has 5 nitrogen and oxygen atoms in total. The summed E-state index contributed by atoms with van der Waals surface area (Å²) in [6.45, 7) is 1.77. The zero-order chi connectivity index (χ0) is 18.6. The molecule has 25 heavy (non-hydrogen) atoms. The van der Waals surface area contributed by atoms with Crippen LogP contribution in [0, 0.1) is 0 Å². The highest BCUT2D eigenvalue weighted by atomic mass is 32.1. The summed E-state index contributed by atoms with van der Waals surface area (Å²) in [6, 6.07) is 5.22. The van der Waals surface area contributed by atoms with Crippen molar-refractivity contribution in [2.45, 2.75) is 13.1 Å². The second-order valence-electron chi connectivity index (χ2n) is 4.89. The number of nitrogens with zero attached hydrogens (tertiary/aromatic N) is 1. The van der Waals surface area contributed by atoms with Crippen molar-refractivity contribution >= 4 is 34.1 Å². The Morgan fingerprint density at radius 3 is 2.60 bits per heavy atom. The number of methoxy groups -OCH3 is 1. The average molecular weight is 372 g/mol. The van der Waals surface area contributed by atoms with E-state index in [9.17, 15) is 18.0 Å². The summed E-state index contributed by atoms with van der Waals surface area (Å²) >= 11 is 5.23. The molecular formula is C16H15F3N2O3S. The number of aromatic nitrogens is 1. The molecular weight excluding hydrogens is 357 g/mol. The van der Waals surface area contributed by atoms with E-state index in [1.165, 1.54) is 19.2 Å². The van der Waals surface area contributed by atoms with Crippen LogP contribution in [0.5, 0.6) is 5.75 Å². The SMILES string of the molecule is CCOC(=O)CNC(=S)c1ccc(OC)c2nc(C(F)(F)F)ccc12. The monoisotopic (exact) mass is 372 g/mol. The maximum Gasteiger partial charge on any atom is 0.433 e. The van der Waals surface area contributed by atoms with Gasteiger partial charge in [-0.25, -0.2) is 4.98 Å². The lowest BCUT2D eigenvalue weighted by atomic mass is 10.1. The van der Waals surface area contributed by atoms with Crippen molar-refractivity contribution in [1.29, 1.82) is 0 Å². The van der Waals surface area contributed by atoms with Crippen molar-refractivity contribution in [1.82, 2.24) is 10.3 Å². The number of carbonyl (C=O) groups is 1. The number of ether oxygens (including phenoxy) is 2. The molecule has 0 spiro atoms. The molecule has 1 heterocycles. The number of hydrogen-bond acceptors (Lipinski definition) is 5. The van der Waals surface area contributed by atoms with Gasteiger partial charge in [-0.15, -0.1) is 0 Å². The molecule has 9 heteroatoms. The summed E-state index contributed by atoms with van der Waals surface area (Å²) in [7, 11) is 1.34. The largest absolute Gasteiger partial charge is 0.494 e. The van der Waals surface area contributed by atoms with Gasteiger partial charge in [-0.2, -0.15) is 13.2 Å². The van der Waals surface area contributed by atoms with Gasteiger partial charge in [0.15, 0.2) is 0 Å². The second-order valence-corrected chi connectivity index (χ2v) is 5.30. The number of pyridine rings is 1. The van der Waals surface area contributed by atoms with E-state index in [4.69, 9.17) is 21.7 Å². The molecule has 0 aliphatic heterocycles. The number of halogens is 3. The smallest absolute Gasteiger partial charge is 0.433 e. The van der Waals surface area contributed by atoms with E-state index in [1.807, 2.05) is 0 Å². The quantitative estimate of drug-likeness (QED) is 0.643. The third-order valence-corrected chi connectivity index (χ3v) is 3.64. The van der Waals surface area contributed by atoms with Crippen LogP contribution in [-0.4, -0.2) is 36.2 Å². The number of rotatable bonds is 5. The van der Waals surface area contributed by atoms with E-state index in [-0.39, 0.29) is 29.4 Å². The topological polar surface area (TPSA) is 60.5 Å². The summed E-state index contributed by atoms with van der Waals surface area (Å²) < 4.78 is 48.6. The highest BCUT2D eigenvalue weighted by Crippen LogP contribution is 2.33. The Kier molecular flexibility index (Phi) is 5.78. The number of carbonyl (C=O) groups excluding carboxylic acids is 1. The van der Waals surface area contributed by atoms with Gasteiger partial charge in [0.05, 0.1) is 13.7 Å². The standard InChI is InChI=1S/C16H15F3N2O3S/c1-3-24-13(22)8-20-15(25)10-4-6-11(23-2)14-9(10)5-7-12(21-14)16(17,18)19/h4-7H,3,8H2,1-2H3,(H,20,25). The van der Waals surface area contributed by atoms with Crippen LogP contribution in [0.2, 0.25) is 0 Å². The third kappa shape index (κ3) is 4.36. The van der Waals surface area contributed by atoms with Crippen LogP contribution in [0.1, 0.15) is 18.2 Å². The molecule has 2 aromatic rings. The van der Waals surface area contributed by atoms with E-state index in [0.29, 0.717) is 10.9 Å². The summed E-state index contributed by atoms with van der Waals surface area (Å²) in [6.07, 6.45) is -4.57. The molecule has 2 rings (SSSR count). The van der Waals surface area contributed by atoms with E-state index in [1.54, 1.807) is 13.0 Å². The van der Waals surface area contributed by atoms with Crippen molar-refractivity contribution in [3.63, 3.8) is 0 Å². The molecule has 1 aromatic heterocycles. The van der Waals surface area contributed by atoms with Crippen LogP contribution in [0.25, 0.3) is 10.9 Å². The van der Waals surface area contributed by atoms with Gasteiger partial charge in [0, 0.05) is 10.9 Å². The number of thiocarbonyl (C=S) groups is 1. The molecule has 0 unspecified atom stereocenters. The van der Waals surface area contributed by atoms with Gasteiger partial charge in [0.25, 0.3) is 0 Å². The number of fused-ring (bicyclic) bond motifs is 1. The van der Waals surface area contributed by atoms with Crippen LogP contribution in [0.4, 0.5) is 13.2 Å². The van der Waals surface area contributed by atoms with Gasteiger partial charge < -0.3 is 14.8 Å². The zero-order valence-electron chi connectivity index (χ0n) is 13.4. The number of benzene rings is 1. The molecule has 0 aliphatic rings. The molecule has 0 saturated carbocycles. The maximum atomic E-state index is 12.9. The van der Waals surface area contributed by atoms with Crippen LogP contribution in [0.15, 0.2) is 24.3 Å². The molecule has 1 N–H and O–H groups in total. The number of hydrogen-bond donors (Lipinski definition) is 1. The van der Waals surface area contributed by atoms with Gasteiger partial charge in [-0.1, -0.05) is 12.2 Å². The highest BCUT2D eigenvalue weighted by molar-refractivity contribution is 7.80. The Bertz CT molecular complexity index is 809. The predicted molar refractivity (Wildman–Crippen MR) is 89.6 cm³/mol. The van der Waals surface area contributed by atoms with Gasteiger partial charge in [0.2, 0.25) is 0 Å². The first-order chi connectivity index (χ1) is 11.8. The Morgan fingerprint density at radius 1 is 1.28 bits per heavy atom. The molecule has 0 fully saturated rings. The molecule has 134 valence electrons. The molecule has 0 bridgehead atoms. The van der Waals surface area contributed by atoms with E-state index in [2.05, 4.69) is 10.3 Å². The number of nitrogens with one attached hydrogen (secondary N) is 1. The van der Waals surface area contributed by atoms with Crippen molar-refractivity contribution in [3.05, 3.63) is 35.5 Å². The fourth-order valence-corrected chi connectivity index (χ4v) is 2.42.